The molecule has 0 aromatic heterocycles. The molecule has 1 fully saturated rings. The summed E-state index contributed by atoms with van der Waals surface area (Å²) in [5.41, 5.74) is 0. The number of hydrogen-bond donors (Lipinski definition) is 0. The van der Waals surface area contributed by atoms with Gasteiger partial charge in [0.1, 0.15) is 0 Å². The average Bonchev–Trinajstić information content (AvgIpc) is 2.28. The Hall–Kier alpha value is 0. The molecule has 0 heteroatoms. The third-order valence-corrected chi connectivity index (χ3v) is 2.95. The second-order valence-corrected chi connectivity index (χ2v) is 3.81. The van der Waals surface area contributed by atoms with Crippen LogP contribution in [0.1, 0.15) is 80.1 Å². The van der Waals surface area contributed by atoms with E-state index in [-0.39, 0.29) is 0 Å². The van der Waals surface area contributed by atoms with Crippen LogP contribution in [-0.2, 0) is 0 Å². The van der Waals surface area contributed by atoms with Crippen LogP contribution in [-0.4, -0.2) is 0 Å². The van der Waals surface area contributed by atoms with Gasteiger partial charge in [-0.1, -0.05) is 80.1 Å². The normalized spacial score (nSPS) is 25.3. The van der Waals surface area contributed by atoms with Gasteiger partial charge in [-0.2, -0.15) is 0 Å². The molecule has 2 atom stereocenters. The van der Waals surface area contributed by atoms with Crippen molar-refractivity contribution in [3.8, 4) is 0 Å². The van der Waals surface area contributed by atoms with Crippen LogP contribution in [0.5, 0.6) is 0 Å². The van der Waals surface area contributed by atoms with Crippen LogP contribution in [0.3, 0.4) is 0 Å². The van der Waals surface area contributed by atoms with Crippen LogP contribution < -0.4 is 0 Å². The molecule has 0 bridgehead atoms. The Morgan fingerprint density at radius 1 is 0.929 bits per heavy atom. The minimum Gasteiger partial charge on any atom is -0.0683 e. The number of rotatable bonds is 2. The van der Waals surface area contributed by atoms with E-state index in [4.69, 9.17) is 0 Å². The van der Waals surface area contributed by atoms with Crippen molar-refractivity contribution in [3.05, 3.63) is 0 Å². The van der Waals surface area contributed by atoms with E-state index in [0.29, 0.717) is 0 Å². The fourth-order valence-electron chi connectivity index (χ4n) is 2.19. The smallest absolute Gasteiger partial charge is 0.0389 e. The summed E-state index contributed by atoms with van der Waals surface area (Å²) in [5.74, 6) is 2.09. The molecule has 2 unspecified atom stereocenters. The lowest BCUT2D eigenvalue weighted by molar-refractivity contribution is 0.240. The summed E-state index contributed by atoms with van der Waals surface area (Å²) in [6, 6.07) is 0. The summed E-state index contributed by atoms with van der Waals surface area (Å²) < 4.78 is 0. The Kier molecular flexibility index (Phi) is 15.3. The highest BCUT2D eigenvalue weighted by molar-refractivity contribution is 4.71. The van der Waals surface area contributed by atoms with Crippen LogP contribution in [0.2, 0.25) is 0 Å². The Morgan fingerprint density at radius 2 is 1.43 bits per heavy atom. The van der Waals surface area contributed by atoms with E-state index in [0.717, 1.165) is 11.8 Å². The molecule has 0 amide bonds. The Balaban J connectivity index is 0. The summed E-state index contributed by atoms with van der Waals surface area (Å²) in [6.45, 7) is 12.7. The number of hydrogen-bond acceptors (Lipinski definition) is 0. The van der Waals surface area contributed by atoms with E-state index < -0.39 is 0 Å². The molecule has 1 aliphatic carbocycles. The first-order chi connectivity index (χ1) is 6.84. The maximum atomic E-state index is 2.43. The van der Waals surface area contributed by atoms with E-state index >= 15 is 0 Å². The fourth-order valence-corrected chi connectivity index (χ4v) is 2.19. The first kappa shape index (κ1) is 16.4. The van der Waals surface area contributed by atoms with Crippen molar-refractivity contribution in [1.29, 1.82) is 0 Å². The SMILES string of the molecule is CC.CC.CCCC1CCCCC1C. The molecule has 0 N–H and O–H groups in total. The van der Waals surface area contributed by atoms with Crippen molar-refractivity contribution in [2.75, 3.05) is 0 Å². The van der Waals surface area contributed by atoms with Gasteiger partial charge in [0.2, 0.25) is 0 Å². The highest BCUT2D eigenvalue weighted by atomic mass is 14.2. The molecule has 0 nitrogen and oxygen atoms in total. The van der Waals surface area contributed by atoms with Crippen LogP contribution in [0.4, 0.5) is 0 Å². The van der Waals surface area contributed by atoms with Crippen LogP contribution >= 0.6 is 0 Å². The minimum atomic E-state index is 1.02. The van der Waals surface area contributed by atoms with Gasteiger partial charge in [-0.05, 0) is 11.8 Å². The molecule has 0 saturated heterocycles. The molecule has 14 heavy (non-hydrogen) atoms. The van der Waals surface area contributed by atoms with E-state index in [1.165, 1.54) is 38.5 Å². The molecule has 0 heterocycles. The van der Waals surface area contributed by atoms with E-state index in [9.17, 15) is 0 Å². The largest absolute Gasteiger partial charge is 0.0683 e. The molecule has 88 valence electrons. The Bertz CT molecular complexity index is 84.0. The van der Waals surface area contributed by atoms with Crippen molar-refractivity contribution >= 4 is 0 Å². The van der Waals surface area contributed by atoms with Gasteiger partial charge in [0.15, 0.2) is 0 Å². The summed E-state index contributed by atoms with van der Waals surface area (Å²) >= 11 is 0. The molecule has 1 saturated carbocycles. The molecule has 1 rings (SSSR count). The maximum Gasteiger partial charge on any atom is -0.0389 e. The Morgan fingerprint density at radius 3 is 1.86 bits per heavy atom. The van der Waals surface area contributed by atoms with Gasteiger partial charge < -0.3 is 0 Å². The highest BCUT2D eigenvalue weighted by Gasteiger charge is 2.19. The molecule has 0 aromatic rings. The summed E-state index contributed by atoms with van der Waals surface area (Å²) in [4.78, 5) is 0. The van der Waals surface area contributed by atoms with Crippen molar-refractivity contribution in [1.82, 2.24) is 0 Å². The van der Waals surface area contributed by atoms with Crippen molar-refractivity contribution in [3.63, 3.8) is 0 Å². The summed E-state index contributed by atoms with van der Waals surface area (Å²) in [7, 11) is 0. The standard InChI is InChI=1S/C10H20.2C2H6/c1-3-6-10-8-5-4-7-9(10)2;2*1-2/h9-10H,3-8H2,1-2H3;2*1-2H3. The highest BCUT2D eigenvalue weighted by Crippen LogP contribution is 2.32. The van der Waals surface area contributed by atoms with Gasteiger partial charge in [0.05, 0.1) is 0 Å². The zero-order valence-corrected chi connectivity index (χ0v) is 11.4. The first-order valence-electron chi connectivity index (χ1n) is 6.84. The topological polar surface area (TPSA) is 0 Å². The second-order valence-electron chi connectivity index (χ2n) is 3.81. The summed E-state index contributed by atoms with van der Waals surface area (Å²) in [5, 5.41) is 0. The van der Waals surface area contributed by atoms with Gasteiger partial charge in [-0.25, -0.2) is 0 Å². The molecule has 0 aromatic carbocycles. The van der Waals surface area contributed by atoms with E-state index in [1.54, 1.807) is 0 Å². The maximum absolute atomic E-state index is 2.43. The van der Waals surface area contributed by atoms with E-state index in [2.05, 4.69) is 13.8 Å². The predicted molar refractivity (Wildman–Crippen MR) is 68.7 cm³/mol. The third-order valence-electron chi connectivity index (χ3n) is 2.95. The lowest BCUT2D eigenvalue weighted by Gasteiger charge is -2.28. The Labute approximate surface area is 92.5 Å². The zero-order valence-electron chi connectivity index (χ0n) is 11.4. The van der Waals surface area contributed by atoms with Crippen molar-refractivity contribution < 1.29 is 0 Å². The zero-order chi connectivity index (χ0) is 11.4. The first-order valence-corrected chi connectivity index (χ1v) is 6.84. The van der Waals surface area contributed by atoms with Crippen LogP contribution in [0, 0.1) is 11.8 Å². The molecule has 0 aliphatic heterocycles. The summed E-state index contributed by atoms with van der Waals surface area (Å²) in [6.07, 6.45) is 8.84. The van der Waals surface area contributed by atoms with Crippen LogP contribution in [0.15, 0.2) is 0 Å². The molecular formula is C14H32. The predicted octanol–water partition coefficient (Wildman–Crippen LogP) is 5.67. The quantitative estimate of drug-likeness (QED) is 0.539. The van der Waals surface area contributed by atoms with Crippen molar-refractivity contribution in [2.45, 2.75) is 80.1 Å². The second kappa shape index (κ2) is 13.0. The van der Waals surface area contributed by atoms with Gasteiger partial charge >= 0.3 is 0 Å². The third kappa shape index (κ3) is 7.41. The van der Waals surface area contributed by atoms with Gasteiger partial charge in [-0.3, -0.25) is 0 Å². The van der Waals surface area contributed by atoms with E-state index in [1.807, 2.05) is 27.7 Å². The molecule has 0 spiro atoms. The van der Waals surface area contributed by atoms with Gasteiger partial charge in [-0.15, -0.1) is 0 Å². The molecular weight excluding hydrogens is 168 g/mol. The molecule has 1 aliphatic rings. The monoisotopic (exact) mass is 200 g/mol. The van der Waals surface area contributed by atoms with Crippen LogP contribution in [0.25, 0.3) is 0 Å². The fraction of sp³-hybridized carbons (Fsp3) is 1.00. The average molecular weight is 200 g/mol. The van der Waals surface area contributed by atoms with Gasteiger partial charge in [0, 0.05) is 0 Å². The van der Waals surface area contributed by atoms with Gasteiger partial charge in [0.25, 0.3) is 0 Å². The molecule has 0 radical (unpaired) electrons. The van der Waals surface area contributed by atoms with Crippen molar-refractivity contribution in [2.24, 2.45) is 11.8 Å². The lowest BCUT2D eigenvalue weighted by atomic mass is 9.78. The lowest BCUT2D eigenvalue weighted by Crippen LogP contribution is -2.15. The minimum absolute atomic E-state index is 1.02.